The van der Waals surface area contributed by atoms with Crippen LogP contribution in [-0.4, -0.2) is 23.8 Å². The summed E-state index contributed by atoms with van der Waals surface area (Å²) in [6.07, 6.45) is -0.106. The van der Waals surface area contributed by atoms with Crippen molar-refractivity contribution in [3.05, 3.63) is 0 Å². The van der Waals surface area contributed by atoms with Gasteiger partial charge in [0, 0.05) is 6.61 Å². The Hall–Kier alpha value is -0.570. The lowest BCUT2D eigenvalue weighted by Gasteiger charge is -2.22. The zero-order valence-electron chi connectivity index (χ0n) is 8.26. The number of carboxylic acid groups (broad SMARTS) is 1. The first kappa shape index (κ1) is 11.4. The van der Waals surface area contributed by atoms with Crippen molar-refractivity contribution < 1.29 is 14.6 Å². The number of ether oxygens (including phenoxy) is 1. The van der Waals surface area contributed by atoms with E-state index in [1.54, 1.807) is 6.92 Å². The molecule has 0 aliphatic carbocycles. The molecule has 3 heteroatoms. The third kappa shape index (κ3) is 5.13. The maximum absolute atomic E-state index is 10.6. The molecule has 0 aromatic carbocycles. The highest BCUT2D eigenvalue weighted by molar-refractivity contribution is 5.72. The number of carbonyl (C=O) groups is 1. The van der Waals surface area contributed by atoms with Crippen molar-refractivity contribution in [1.82, 2.24) is 0 Å². The van der Waals surface area contributed by atoms with Crippen LogP contribution in [-0.2, 0) is 9.53 Å². The molecule has 0 aliphatic heterocycles. The molecule has 12 heavy (non-hydrogen) atoms. The predicted octanol–water partition coefficient (Wildman–Crippen LogP) is 1.91. The topological polar surface area (TPSA) is 46.5 Å². The Labute approximate surface area is 73.7 Å². The first-order valence-corrected chi connectivity index (χ1v) is 4.21. The van der Waals surface area contributed by atoms with Crippen molar-refractivity contribution in [2.75, 3.05) is 6.61 Å². The zero-order valence-corrected chi connectivity index (χ0v) is 8.26. The van der Waals surface area contributed by atoms with Crippen LogP contribution in [0.3, 0.4) is 0 Å². The molecule has 0 saturated carbocycles. The monoisotopic (exact) mass is 174 g/mol. The van der Waals surface area contributed by atoms with Crippen LogP contribution in [0.25, 0.3) is 0 Å². The fraction of sp³-hybridized carbons (Fsp3) is 0.889. The molecular weight excluding hydrogens is 156 g/mol. The SMILES string of the molecule is CCOC(CC(C)(C)C)C(=O)O. The Bertz CT molecular complexity index is 146. The van der Waals surface area contributed by atoms with Gasteiger partial charge in [-0.1, -0.05) is 20.8 Å². The van der Waals surface area contributed by atoms with Gasteiger partial charge in [-0.3, -0.25) is 0 Å². The van der Waals surface area contributed by atoms with E-state index in [9.17, 15) is 4.79 Å². The third-order valence-electron chi connectivity index (χ3n) is 1.44. The van der Waals surface area contributed by atoms with Gasteiger partial charge >= 0.3 is 5.97 Å². The van der Waals surface area contributed by atoms with Crippen molar-refractivity contribution in [2.45, 2.75) is 40.2 Å². The second kappa shape index (κ2) is 4.45. The van der Waals surface area contributed by atoms with Crippen LogP contribution in [0.2, 0.25) is 0 Å². The van der Waals surface area contributed by atoms with E-state index in [4.69, 9.17) is 9.84 Å². The van der Waals surface area contributed by atoms with Gasteiger partial charge < -0.3 is 9.84 Å². The van der Waals surface area contributed by atoms with Crippen LogP contribution in [0.1, 0.15) is 34.1 Å². The molecule has 0 bridgehead atoms. The summed E-state index contributed by atoms with van der Waals surface area (Å²) in [7, 11) is 0. The van der Waals surface area contributed by atoms with Crippen molar-refractivity contribution in [3.63, 3.8) is 0 Å². The molecule has 0 radical (unpaired) electrons. The molecular formula is C9H18O3. The quantitative estimate of drug-likeness (QED) is 0.708. The summed E-state index contributed by atoms with van der Waals surface area (Å²) in [5.74, 6) is -0.869. The maximum atomic E-state index is 10.6. The van der Waals surface area contributed by atoms with E-state index in [0.717, 1.165) is 0 Å². The minimum Gasteiger partial charge on any atom is -0.479 e. The van der Waals surface area contributed by atoms with E-state index < -0.39 is 12.1 Å². The molecule has 0 aliphatic rings. The Morgan fingerprint density at radius 3 is 2.25 bits per heavy atom. The van der Waals surface area contributed by atoms with E-state index in [-0.39, 0.29) is 5.41 Å². The molecule has 3 nitrogen and oxygen atoms in total. The van der Waals surface area contributed by atoms with Crippen LogP contribution in [0, 0.1) is 5.41 Å². The van der Waals surface area contributed by atoms with E-state index in [0.29, 0.717) is 13.0 Å². The maximum Gasteiger partial charge on any atom is 0.332 e. The van der Waals surface area contributed by atoms with Crippen molar-refractivity contribution in [2.24, 2.45) is 5.41 Å². The molecule has 0 spiro atoms. The Morgan fingerprint density at radius 1 is 1.50 bits per heavy atom. The molecule has 0 heterocycles. The lowest BCUT2D eigenvalue weighted by atomic mass is 9.89. The predicted molar refractivity (Wildman–Crippen MR) is 47.1 cm³/mol. The summed E-state index contributed by atoms with van der Waals surface area (Å²) in [6, 6.07) is 0. The van der Waals surface area contributed by atoms with E-state index in [2.05, 4.69) is 0 Å². The van der Waals surface area contributed by atoms with E-state index >= 15 is 0 Å². The number of rotatable bonds is 4. The Balaban J connectivity index is 4.05. The largest absolute Gasteiger partial charge is 0.479 e. The van der Waals surface area contributed by atoms with Gasteiger partial charge in [-0.25, -0.2) is 4.79 Å². The molecule has 0 fully saturated rings. The molecule has 0 amide bonds. The van der Waals surface area contributed by atoms with Gasteiger partial charge in [-0.2, -0.15) is 0 Å². The highest BCUT2D eigenvalue weighted by Gasteiger charge is 2.24. The van der Waals surface area contributed by atoms with Crippen LogP contribution >= 0.6 is 0 Å². The minimum atomic E-state index is -0.869. The van der Waals surface area contributed by atoms with Gasteiger partial charge in [0.15, 0.2) is 6.10 Å². The smallest absolute Gasteiger partial charge is 0.332 e. The minimum absolute atomic E-state index is 0.00176. The summed E-state index contributed by atoms with van der Waals surface area (Å²) < 4.78 is 5.08. The molecule has 1 atom stereocenters. The van der Waals surface area contributed by atoms with Crippen LogP contribution < -0.4 is 0 Å². The summed E-state index contributed by atoms with van der Waals surface area (Å²) in [5, 5.41) is 8.74. The molecule has 1 N–H and O–H groups in total. The van der Waals surface area contributed by atoms with Gasteiger partial charge in [-0.05, 0) is 18.8 Å². The number of carboxylic acids is 1. The summed E-state index contributed by atoms with van der Waals surface area (Å²) in [6.45, 7) is 8.26. The van der Waals surface area contributed by atoms with Crippen molar-refractivity contribution >= 4 is 5.97 Å². The Kier molecular flexibility index (Phi) is 4.24. The zero-order chi connectivity index (χ0) is 9.78. The molecule has 0 aromatic rings. The highest BCUT2D eigenvalue weighted by atomic mass is 16.5. The molecule has 1 unspecified atom stereocenters. The van der Waals surface area contributed by atoms with Gasteiger partial charge in [0.05, 0.1) is 0 Å². The van der Waals surface area contributed by atoms with E-state index in [1.165, 1.54) is 0 Å². The molecule has 0 rings (SSSR count). The number of hydrogen-bond donors (Lipinski definition) is 1. The first-order valence-electron chi connectivity index (χ1n) is 4.21. The van der Waals surface area contributed by atoms with E-state index in [1.807, 2.05) is 20.8 Å². The van der Waals surface area contributed by atoms with Crippen molar-refractivity contribution in [1.29, 1.82) is 0 Å². The number of aliphatic carboxylic acids is 1. The van der Waals surface area contributed by atoms with Crippen molar-refractivity contribution in [3.8, 4) is 0 Å². The summed E-state index contributed by atoms with van der Waals surface area (Å²) in [4.78, 5) is 10.6. The van der Waals surface area contributed by atoms with Crippen LogP contribution in [0.5, 0.6) is 0 Å². The fourth-order valence-electron chi connectivity index (χ4n) is 0.975. The molecule has 72 valence electrons. The second-order valence-electron chi connectivity index (χ2n) is 4.05. The normalized spacial score (nSPS) is 14.3. The lowest BCUT2D eigenvalue weighted by molar-refractivity contribution is -0.152. The van der Waals surface area contributed by atoms with Crippen LogP contribution in [0.4, 0.5) is 0 Å². The highest BCUT2D eigenvalue weighted by Crippen LogP contribution is 2.22. The first-order chi connectivity index (χ1) is 5.37. The lowest BCUT2D eigenvalue weighted by Crippen LogP contribution is -2.28. The van der Waals surface area contributed by atoms with Gasteiger partial charge in [0.2, 0.25) is 0 Å². The summed E-state index contributed by atoms with van der Waals surface area (Å²) in [5.41, 5.74) is -0.00176. The third-order valence-corrected chi connectivity index (χ3v) is 1.44. The van der Waals surface area contributed by atoms with Crippen LogP contribution in [0.15, 0.2) is 0 Å². The fourth-order valence-corrected chi connectivity index (χ4v) is 0.975. The van der Waals surface area contributed by atoms with Gasteiger partial charge in [0.25, 0.3) is 0 Å². The standard InChI is InChI=1S/C9H18O3/c1-5-12-7(8(10)11)6-9(2,3)4/h7H,5-6H2,1-4H3,(H,10,11). The average molecular weight is 174 g/mol. The Morgan fingerprint density at radius 2 is 2.00 bits per heavy atom. The second-order valence-corrected chi connectivity index (χ2v) is 4.05. The molecule has 0 saturated heterocycles. The van der Waals surface area contributed by atoms with Gasteiger partial charge in [0.1, 0.15) is 0 Å². The number of hydrogen-bond acceptors (Lipinski definition) is 2. The summed E-state index contributed by atoms with van der Waals surface area (Å²) >= 11 is 0. The average Bonchev–Trinajstić information content (AvgIpc) is 1.83. The van der Waals surface area contributed by atoms with Gasteiger partial charge in [-0.15, -0.1) is 0 Å². The molecule has 0 aromatic heterocycles.